The molecule has 2 aromatic carbocycles. The van der Waals surface area contributed by atoms with Gasteiger partial charge in [-0.3, -0.25) is 0 Å². The van der Waals surface area contributed by atoms with Crippen LogP contribution in [0.25, 0.3) is 6.08 Å². The highest BCUT2D eigenvalue weighted by molar-refractivity contribution is 6.32. The van der Waals surface area contributed by atoms with E-state index in [1.807, 2.05) is 0 Å². The zero-order valence-electron chi connectivity index (χ0n) is 11.6. The van der Waals surface area contributed by atoms with Gasteiger partial charge in [0.15, 0.2) is 0 Å². The molecule has 0 saturated heterocycles. The van der Waals surface area contributed by atoms with Crippen molar-refractivity contribution in [2.45, 2.75) is 6.42 Å². The third-order valence-electron chi connectivity index (χ3n) is 2.93. The molecule has 0 amide bonds. The molecule has 0 aliphatic heterocycles. The quantitative estimate of drug-likeness (QED) is 0.669. The molecular weight excluding hydrogens is 307 g/mol. The van der Waals surface area contributed by atoms with Gasteiger partial charge in [0.2, 0.25) is 0 Å². The second-order valence-electron chi connectivity index (χ2n) is 4.59. The standard InChI is InChI=1S/C17H14ClFO3/c18-15-7-3-13(11-16(15)20)4-8-17(21)22-10-9-12-1-5-14(19)6-2-12/h1-8,11,20H,9-10H2. The third kappa shape index (κ3) is 4.90. The monoisotopic (exact) mass is 320 g/mol. The van der Waals surface area contributed by atoms with E-state index < -0.39 is 5.97 Å². The number of benzene rings is 2. The molecule has 0 heterocycles. The van der Waals surface area contributed by atoms with Crippen molar-refractivity contribution in [2.24, 2.45) is 0 Å². The van der Waals surface area contributed by atoms with Crippen LogP contribution in [-0.2, 0) is 16.0 Å². The Morgan fingerprint density at radius 1 is 1.23 bits per heavy atom. The summed E-state index contributed by atoms with van der Waals surface area (Å²) >= 11 is 5.69. The lowest BCUT2D eigenvalue weighted by Gasteiger charge is -2.02. The molecule has 0 aliphatic carbocycles. The van der Waals surface area contributed by atoms with Crippen LogP contribution in [0.3, 0.4) is 0 Å². The molecule has 0 saturated carbocycles. The van der Waals surface area contributed by atoms with Crippen molar-refractivity contribution in [3.8, 4) is 5.75 Å². The molecule has 0 atom stereocenters. The normalized spacial score (nSPS) is 10.8. The number of esters is 1. The zero-order chi connectivity index (χ0) is 15.9. The highest BCUT2D eigenvalue weighted by atomic mass is 35.5. The van der Waals surface area contributed by atoms with Crippen molar-refractivity contribution in [1.29, 1.82) is 0 Å². The summed E-state index contributed by atoms with van der Waals surface area (Å²) in [7, 11) is 0. The zero-order valence-corrected chi connectivity index (χ0v) is 12.4. The lowest BCUT2D eigenvalue weighted by atomic mass is 10.2. The van der Waals surface area contributed by atoms with Crippen molar-refractivity contribution < 1.29 is 19.0 Å². The molecular formula is C17H14ClFO3. The smallest absolute Gasteiger partial charge is 0.330 e. The number of ether oxygens (including phenoxy) is 1. The number of hydrogen-bond donors (Lipinski definition) is 1. The summed E-state index contributed by atoms with van der Waals surface area (Å²) in [6, 6.07) is 10.7. The molecule has 0 fully saturated rings. The first-order chi connectivity index (χ1) is 10.5. The van der Waals surface area contributed by atoms with Gasteiger partial charge in [0.1, 0.15) is 11.6 Å². The van der Waals surface area contributed by atoms with Crippen LogP contribution in [0.1, 0.15) is 11.1 Å². The van der Waals surface area contributed by atoms with Gasteiger partial charge in [0.25, 0.3) is 0 Å². The molecule has 0 bridgehead atoms. The molecule has 114 valence electrons. The third-order valence-corrected chi connectivity index (χ3v) is 3.25. The summed E-state index contributed by atoms with van der Waals surface area (Å²) in [4.78, 5) is 11.6. The topological polar surface area (TPSA) is 46.5 Å². The van der Waals surface area contributed by atoms with E-state index in [1.165, 1.54) is 36.4 Å². The number of carbonyl (C=O) groups is 1. The molecule has 0 aromatic heterocycles. The van der Waals surface area contributed by atoms with Crippen LogP contribution in [0.2, 0.25) is 5.02 Å². The Bertz CT molecular complexity index is 681. The number of phenolic OH excluding ortho intramolecular Hbond substituents is 1. The summed E-state index contributed by atoms with van der Waals surface area (Å²) in [5, 5.41) is 9.69. The van der Waals surface area contributed by atoms with E-state index in [-0.39, 0.29) is 23.2 Å². The van der Waals surface area contributed by atoms with Gasteiger partial charge in [-0.05, 0) is 41.5 Å². The van der Waals surface area contributed by atoms with Gasteiger partial charge < -0.3 is 9.84 Å². The lowest BCUT2D eigenvalue weighted by molar-refractivity contribution is -0.137. The average Bonchev–Trinajstić information content (AvgIpc) is 2.50. The molecule has 0 spiro atoms. The van der Waals surface area contributed by atoms with Gasteiger partial charge in [-0.25, -0.2) is 9.18 Å². The Balaban J connectivity index is 1.81. The van der Waals surface area contributed by atoms with E-state index in [4.69, 9.17) is 16.3 Å². The van der Waals surface area contributed by atoms with Crippen LogP contribution in [0.15, 0.2) is 48.5 Å². The number of aromatic hydroxyl groups is 1. The van der Waals surface area contributed by atoms with Gasteiger partial charge in [-0.2, -0.15) is 0 Å². The summed E-state index contributed by atoms with van der Waals surface area (Å²) in [5.74, 6) is -0.833. The minimum atomic E-state index is -0.489. The van der Waals surface area contributed by atoms with E-state index in [0.29, 0.717) is 12.0 Å². The van der Waals surface area contributed by atoms with Gasteiger partial charge in [0.05, 0.1) is 11.6 Å². The fourth-order valence-corrected chi connectivity index (χ4v) is 1.88. The number of halogens is 2. The Hall–Kier alpha value is -2.33. The fourth-order valence-electron chi connectivity index (χ4n) is 1.77. The average molecular weight is 321 g/mol. The predicted octanol–water partition coefficient (Wildman–Crippen LogP) is 3.98. The maximum Gasteiger partial charge on any atom is 0.330 e. The van der Waals surface area contributed by atoms with E-state index >= 15 is 0 Å². The Morgan fingerprint density at radius 2 is 1.95 bits per heavy atom. The summed E-state index contributed by atoms with van der Waals surface area (Å²) in [6.07, 6.45) is 3.31. The van der Waals surface area contributed by atoms with Crippen LogP contribution in [-0.4, -0.2) is 17.7 Å². The van der Waals surface area contributed by atoms with Gasteiger partial charge in [0, 0.05) is 12.5 Å². The Kier molecular flexibility index (Phi) is 5.55. The lowest BCUT2D eigenvalue weighted by Crippen LogP contribution is -2.04. The molecule has 0 unspecified atom stereocenters. The van der Waals surface area contributed by atoms with E-state index in [2.05, 4.69) is 0 Å². The van der Waals surface area contributed by atoms with E-state index in [1.54, 1.807) is 18.2 Å². The summed E-state index contributed by atoms with van der Waals surface area (Å²) < 4.78 is 17.8. The maximum absolute atomic E-state index is 12.7. The van der Waals surface area contributed by atoms with Crippen molar-refractivity contribution in [3.63, 3.8) is 0 Å². The van der Waals surface area contributed by atoms with Gasteiger partial charge in [-0.15, -0.1) is 0 Å². The number of rotatable bonds is 5. The van der Waals surface area contributed by atoms with Gasteiger partial charge in [-0.1, -0.05) is 29.8 Å². The van der Waals surface area contributed by atoms with Crippen LogP contribution in [0.5, 0.6) is 5.75 Å². The number of carbonyl (C=O) groups excluding carboxylic acids is 1. The summed E-state index contributed by atoms with van der Waals surface area (Å²) in [6.45, 7) is 0.209. The highest BCUT2D eigenvalue weighted by Gasteiger charge is 2.01. The van der Waals surface area contributed by atoms with Gasteiger partial charge >= 0.3 is 5.97 Å². The van der Waals surface area contributed by atoms with E-state index in [9.17, 15) is 14.3 Å². The number of phenols is 1. The van der Waals surface area contributed by atoms with E-state index in [0.717, 1.165) is 5.56 Å². The predicted molar refractivity (Wildman–Crippen MR) is 83.2 cm³/mol. The highest BCUT2D eigenvalue weighted by Crippen LogP contribution is 2.24. The molecule has 0 radical (unpaired) electrons. The fraction of sp³-hybridized carbons (Fsp3) is 0.118. The minimum Gasteiger partial charge on any atom is -0.506 e. The molecule has 22 heavy (non-hydrogen) atoms. The molecule has 3 nitrogen and oxygen atoms in total. The molecule has 0 aliphatic rings. The maximum atomic E-state index is 12.7. The second-order valence-corrected chi connectivity index (χ2v) is 5.00. The first-order valence-electron chi connectivity index (χ1n) is 6.62. The van der Waals surface area contributed by atoms with Crippen LogP contribution in [0, 0.1) is 5.82 Å². The first-order valence-corrected chi connectivity index (χ1v) is 7.00. The molecule has 5 heteroatoms. The molecule has 1 N–H and O–H groups in total. The molecule has 2 rings (SSSR count). The summed E-state index contributed by atoms with van der Waals surface area (Å²) in [5.41, 5.74) is 1.53. The first kappa shape index (κ1) is 16.0. The van der Waals surface area contributed by atoms with Crippen molar-refractivity contribution in [3.05, 3.63) is 70.5 Å². The number of hydrogen-bond acceptors (Lipinski definition) is 3. The molecule has 2 aromatic rings. The van der Waals surface area contributed by atoms with Crippen LogP contribution >= 0.6 is 11.6 Å². The van der Waals surface area contributed by atoms with Crippen molar-refractivity contribution in [1.82, 2.24) is 0 Å². The minimum absolute atomic E-state index is 0.0477. The van der Waals surface area contributed by atoms with Crippen LogP contribution in [0.4, 0.5) is 4.39 Å². The Morgan fingerprint density at radius 3 is 2.64 bits per heavy atom. The Labute approximate surface area is 132 Å². The largest absolute Gasteiger partial charge is 0.506 e. The van der Waals surface area contributed by atoms with Crippen molar-refractivity contribution in [2.75, 3.05) is 6.61 Å². The van der Waals surface area contributed by atoms with Crippen molar-refractivity contribution >= 4 is 23.6 Å². The SMILES string of the molecule is O=C(C=Cc1ccc(Cl)c(O)c1)OCCc1ccc(F)cc1. The van der Waals surface area contributed by atoms with Crippen LogP contribution < -0.4 is 0 Å². The second kappa shape index (κ2) is 7.61.